The van der Waals surface area contributed by atoms with E-state index in [1.165, 1.54) is 7.11 Å². The minimum Gasteiger partial charge on any atom is -0.467 e. The molecule has 0 bridgehead atoms. The van der Waals surface area contributed by atoms with Crippen molar-refractivity contribution >= 4 is 18.0 Å². The van der Waals surface area contributed by atoms with Crippen molar-refractivity contribution in [2.75, 3.05) is 13.7 Å². The highest BCUT2D eigenvalue weighted by Crippen LogP contribution is 2.05. The van der Waals surface area contributed by atoms with Crippen molar-refractivity contribution in [2.45, 2.75) is 38.5 Å². The molecule has 8 heteroatoms. The Bertz CT molecular complexity index is 647. The molecule has 1 rings (SSSR count). The van der Waals surface area contributed by atoms with E-state index in [0.717, 1.165) is 5.56 Å². The number of rotatable bonds is 10. The minimum absolute atomic E-state index is 0.102. The Morgan fingerprint density at radius 2 is 1.85 bits per heavy atom. The molecule has 0 unspecified atom stereocenters. The number of amides is 2. The molecule has 0 radical (unpaired) electrons. The van der Waals surface area contributed by atoms with Gasteiger partial charge in [-0.1, -0.05) is 35.9 Å². The van der Waals surface area contributed by atoms with E-state index in [9.17, 15) is 19.5 Å². The molecule has 0 aliphatic rings. The fourth-order valence-electron chi connectivity index (χ4n) is 2.20. The van der Waals surface area contributed by atoms with Crippen LogP contribution in [0.25, 0.3) is 0 Å². The lowest BCUT2D eigenvalue weighted by Crippen LogP contribution is -2.44. The maximum atomic E-state index is 12.0. The summed E-state index contributed by atoms with van der Waals surface area (Å²) in [4.78, 5) is 35.2. The largest absolute Gasteiger partial charge is 0.467 e. The van der Waals surface area contributed by atoms with Gasteiger partial charge in [0.1, 0.15) is 12.6 Å². The highest BCUT2D eigenvalue weighted by atomic mass is 16.5. The molecule has 1 aromatic rings. The van der Waals surface area contributed by atoms with Crippen molar-refractivity contribution in [1.82, 2.24) is 10.6 Å². The second kappa shape index (κ2) is 11.7. The summed E-state index contributed by atoms with van der Waals surface area (Å²) in [6.45, 7) is 5.36. The van der Waals surface area contributed by atoms with Crippen LogP contribution < -0.4 is 10.6 Å². The molecule has 0 saturated carbocycles. The number of aliphatic hydroxyl groups is 1. The lowest BCUT2D eigenvalue weighted by molar-refractivity contribution is -0.145. The second-order valence-electron chi connectivity index (χ2n) is 6.11. The quantitative estimate of drug-likeness (QED) is 0.418. The summed E-state index contributed by atoms with van der Waals surface area (Å²) in [6.07, 6.45) is -1.88. The first kappa shape index (κ1) is 22.2. The van der Waals surface area contributed by atoms with Gasteiger partial charge in [0, 0.05) is 6.54 Å². The average molecular weight is 378 g/mol. The molecule has 0 aromatic heterocycles. The van der Waals surface area contributed by atoms with Crippen LogP contribution in [-0.2, 0) is 25.7 Å². The first-order valence-corrected chi connectivity index (χ1v) is 8.46. The van der Waals surface area contributed by atoms with Crippen LogP contribution in [0.3, 0.4) is 0 Å². The highest BCUT2D eigenvalue weighted by molar-refractivity contribution is 5.84. The Labute approximate surface area is 158 Å². The number of esters is 1. The molecular weight excluding hydrogens is 352 g/mol. The third-order valence-corrected chi connectivity index (χ3v) is 3.49. The lowest BCUT2D eigenvalue weighted by Gasteiger charge is -2.18. The van der Waals surface area contributed by atoms with Crippen LogP contribution in [0.15, 0.2) is 42.5 Å². The smallest absolute Gasteiger partial charge is 0.407 e. The third-order valence-electron chi connectivity index (χ3n) is 3.49. The van der Waals surface area contributed by atoms with E-state index in [0.29, 0.717) is 5.57 Å². The van der Waals surface area contributed by atoms with Crippen LogP contribution in [0.2, 0.25) is 0 Å². The number of nitrogens with one attached hydrogen (secondary N) is 2. The summed E-state index contributed by atoms with van der Waals surface area (Å²) in [5, 5.41) is 14.7. The number of carbonyl (C=O) groups is 3. The van der Waals surface area contributed by atoms with Gasteiger partial charge in [0.25, 0.3) is 0 Å². The number of carbonyl (C=O) groups excluding carboxylic acids is 3. The summed E-state index contributed by atoms with van der Waals surface area (Å²) in [5.74, 6) is -1.14. The number of benzene rings is 1. The number of ether oxygens (including phenoxy) is 2. The number of methoxy groups -OCH3 is 1. The predicted octanol–water partition coefficient (Wildman–Crippen LogP) is 1.29. The number of aliphatic hydroxyl groups excluding tert-OH is 1. The summed E-state index contributed by atoms with van der Waals surface area (Å²) < 4.78 is 9.64. The fraction of sp³-hybridized carbons (Fsp3) is 0.421. The first-order chi connectivity index (χ1) is 12.8. The topological polar surface area (TPSA) is 114 Å². The molecule has 0 heterocycles. The second-order valence-corrected chi connectivity index (χ2v) is 6.11. The first-order valence-electron chi connectivity index (χ1n) is 8.46. The Morgan fingerprint density at radius 1 is 1.19 bits per heavy atom. The number of hydrogen-bond donors (Lipinski definition) is 3. The van der Waals surface area contributed by atoms with E-state index in [2.05, 4.69) is 21.9 Å². The van der Waals surface area contributed by atoms with Crippen molar-refractivity contribution in [3.8, 4) is 0 Å². The molecule has 27 heavy (non-hydrogen) atoms. The zero-order valence-corrected chi connectivity index (χ0v) is 15.6. The third kappa shape index (κ3) is 9.41. The standard InChI is InChI=1S/C19H26N2O6/c1-13(2)9-16(18(24)26-3)21-17(23)10-15(22)11-20-19(25)27-12-14-7-5-4-6-8-14/h4-8,15-16,22H,1,9-12H2,2-3H3,(H,20,25)(H,21,23)/t15-,16-/m1/s1. The zero-order chi connectivity index (χ0) is 20.2. The Morgan fingerprint density at radius 3 is 2.44 bits per heavy atom. The van der Waals surface area contributed by atoms with Crippen molar-refractivity contribution in [1.29, 1.82) is 0 Å². The highest BCUT2D eigenvalue weighted by Gasteiger charge is 2.22. The van der Waals surface area contributed by atoms with Crippen LogP contribution >= 0.6 is 0 Å². The van der Waals surface area contributed by atoms with Gasteiger partial charge in [-0.05, 0) is 18.9 Å². The van der Waals surface area contributed by atoms with Crippen LogP contribution in [0.5, 0.6) is 0 Å². The summed E-state index contributed by atoms with van der Waals surface area (Å²) in [7, 11) is 1.22. The van der Waals surface area contributed by atoms with E-state index in [1.807, 2.05) is 30.3 Å². The zero-order valence-electron chi connectivity index (χ0n) is 15.6. The van der Waals surface area contributed by atoms with E-state index in [1.54, 1.807) is 6.92 Å². The van der Waals surface area contributed by atoms with E-state index in [-0.39, 0.29) is 26.0 Å². The van der Waals surface area contributed by atoms with Gasteiger partial charge >= 0.3 is 12.1 Å². The molecule has 0 aliphatic carbocycles. The maximum Gasteiger partial charge on any atom is 0.407 e. The summed E-state index contributed by atoms with van der Waals surface area (Å²) in [6, 6.07) is 8.27. The molecule has 1 aromatic carbocycles. The van der Waals surface area contributed by atoms with E-state index in [4.69, 9.17) is 4.74 Å². The molecule has 0 aliphatic heterocycles. The van der Waals surface area contributed by atoms with E-state index < -0.39 is 30.1 Å². The van der Waals surface area contributed by atoms with Gasteiger partial charge in [-0.2, -0.15) is 0 Å². The molecule has 148 valence electrons. The van der Waals surface area contributed by atoms with Crippen LogP contribution in [0, 0.1) is 0 Å². The summed E-state index contributed by atoms with van der Waals surface area (Å²) >= 11 is 0. The molecule has 8 nitrogen and oxygen atoms in total. The average Bonchev–Trinajstić information content (AvgIpc) is 2.63. The van der Waals surface area contributed by atoms with Gasteiger partial charge in [-0.3, -0.25) is 4.79 Å². The van der Waals surface area contributed by atoms with Gasteiger partial charge < -0.3 is 25.2 Å². The van der Waals surface area contributed by atoms with Crippen molar-refractivity contribution < 1.29 is 29.0 Å². The van der Waals surface area contributed by atoms with Crippen molar-refractivity contribution in [3.63, 3.8) is 0 Å². The Balaban J connectivity index is 2.34. The van der Waals surface area contributed by atoms with Crippen LogP contribution in [-0.4, -0.2) is 48.9 Å². The molecular formula is C19H26N2O6. The number of alkyl carbamates (subject to hydrolysis) is 1. The number of hydrogen-bond acceptors (Lipinski definition) is 6. The Hall–Kier alpha value is -2.87. The molecule has 2 amide bonds. The maximum absolute atomic E-state index is 12.0. The summed E-state index contributed by atoms with van der Waals surface area (Å²) in [5.41, 5.74) is 1.54. The molecule has 0 saturated heterocycles. The van der Waals surface area contributed by atoms with Crippen LogP contribution in [0.1, 0.15) is 25.3 Å². The molecule has 3 N–H and O–H groups in total. The van der Waals surface area contributed by atoms with Gasteiger partial charge in [0.05, 0.1) is 19.6 Å². The van der Waals surface area contributed by atoms with Gasteiger partial charge in [-0.15, -0.1) is 6.58 Å². The predicted molar refractivity (Wildman–Crippen MR) is 98.6 cm³/mol. The van der Waals surface area contributed by atoms with Gasteiger partial charge in [0.15, 0.2) is 0 Å². The molecule has 0 spiro atoms. The van der Waals surface area contributed by atoms with Gasteiger partial charge in [0.2, 0.25) is 5.91 Å². The monoisotopic (exact) mass is 378 g/mol. The van der Waals surface area contributed by atoms with Crippen molar-refractivity contribution in [2.24, 2.45) is 0 Å². The fourth-order valence-corrected chi connectivity index (χ4v) is 2.20. The van der Waals surface area contributed by atoms with E-state index >= 15 is 0 Å². The SMILES string of the molecule is C=C(C)C[C@@H](NC(=O)C[C@@H](O)CNC(=O)OCc1ccccc1)C(=O)OC. The lowest BCUT2D eigenvalue weighted by atomic mass is 10.1. The normalized spacial score (nSPS) is 12.4. The molecule has 2 atom stereocenters. The van der Waals surface area contributed by atoms with Crippen molar-refractivity contribution in [3.05, 3.63) is 48.0 Å². The van der Waals surface area contributed by atoms with Gasteiger partial charge in [-0.25, -0.2) is 9.59 Å². The van der Waals surface area contributed by atoms with Crippen LogP contribution in [0.4, 0.5) is 4.79 Å². The Kier molecular flexibility index (Phi) is 9.60. The molecule has 0 fully saturated rings. The minimum atomic E-state index is -1.13.